The zero-order valence-corrected chi connectivity index (χ0v) is 19.0. The molecule has 3 rings (SSSR count). The highest BCUT2D eigenvalue weighted by Crippen LogP contribution is 2.40. The zero-order chi connectivity index (χ0) is 21.8. The number of alkyl halides is 4. The predicted molar refractivity (Wildman–Crippen MR) is 116 cm³/mol. The van der Waals surface area contributed by atoms with Crippen LogP contribution in [-0.4, -0.2) is 37.5 Å². The van der Waals surface area contributed by atoms with Crippen LogP contribution in [0.4, 0.5) is 0 Å². The number of carbonyl (C=O) groups is 1. The molecule has 30 heavy (non-hydrogen) atoms. The molecule has 0 saturated carbocycles. The molecule has 1 aliphatic rings. The molecule has 0 amide bonds. The lowest BCUT2D eigenvalue weighted by atomic mass is 10.1. The Morgan fingerprint density at radius 3 is 2.03 bits per heavy atom. The minimum absolute atomic E-state index is 0.0526. The van der Waals surface area contributed by atoms with E-state index < -0.39 is 33.3 Å². The summed E-state index contributed by atoms with van der Waals surface area (Å²) in [6.45, 7) is 1.33. The van der Waals surface area contributed by atoms with Gasteiger partial charge in [-0.25, -0.2) is 0 Å². The van der Waals surface area contributed by atoms with Crippen molar-refractivity contribution in [1.82, 2.24) is 0 Å². The molecule has 2 aromatic rings. The first-order valence-electron chi connectivity index (χ1n) is 9.16. The topological polar surface area (TPSA) is 54.0 Å². The van der Waals surface area contributed by atoms with Gasteiger partial charge in [0, 0.05) is 18.1 Å². The summed E-state index contributed by atoms with van der Waals surface area (Å²) in [5, 5.41) is 0. The quantitative estimate of drug-likeness (QED) is 0.369. The average molecular weight is 494 g/mol. The number of esters is 1. The van der Waals surface area contributed by atoms with Gasteiger partial charge in [0.05, 0.1) is 13.2 Å². The number of carbonyl (C=O) groups excluding carboxylic acids is 1. The van der Waals surface area contributed by atoms with E-state index in [1.54, 1.807) is 48.5 Å². The van der Waals surface area contributed by atoms with Gasteiger partial charge in [0.1, 0.15) is 12.2 Å². The van der Waals surface area contributed by atoms with Crippen molar-refractivity contribution in [1.29, 1.82) is 0 Å². The lowest BCUT2D eigenvalue weighted by Gasteiger charge is -2.31. The Morgan fingerprint density at radius 2 is 1.50 bits per heavy atom. The number of benzene rings is 2. The van der Waals surface area contributed by atoms with E-state index in [9.17, 15) is 4.79 Å². The summed E-state index contributed by atoms with van der Waals surface area (Å²) in [4.78, 5) is 11.5. The van der Waals surface area contributed by atoms with Gasteiger partial charge in [0.15, 0.2) is 6.10 Å². The summed E-state index contributed by atoms with van der Waals surface area (Å²) < 4.78 is 19.4. The highest BCUT2D eigenvalue weighted by Gasteiger charge is 2.46. The van der Waals surface area contributed by atoms with Gasteiger partial charge < -0.3 is 18.9 Å². The number of ether oxygens (including phenoxy) is 4. The second-order valence-corrected chi connectivity index (χ2v) is 9.19. The molecule has 2 aromatic carbocycles. The van der Waals surface area contributed by atoms with E-state index in [-0.39, 0.29) is 13.2 Å². The zero-order valence-electron chi connectivity index (χ0n) is 16.0. The van der Waals surface area contributed by atoms with E-state index in [0.29, 0.717) is 11.1 Å². The Morgan fingerprint density at radius 1 is 0.967 bits per heavy atom. The Labute approximate surface area is 195 Å². The molecule has 0 bridgehead atoms. The van der Waals surface area contributed by atoms with Crippen LogP contribution >= 0.6 is 46.4 Å². The van der Waals surface area contributed by atoms with Crippen LogP contribution in [0, 0.1) is 0 Å². The fraction of sp³-hybridized carbons (Fsp3) is 0.381. The van der Waals surface area contributed by atoms with Crippen molar-refractivity contribution in [2.45, 2.75) is 34.3 Å². The average Bonchev–Trinajstić information content (AvgIpc) is 3.08. The van der Waals surface area contributed by atoms with E-state index in [4.69, 9.17) is 65.4 Å². The van der Waals surface area contributed by atoms with Crippen LogP contribution < -0.4 is 0 Å². The molecule has 0 aliphatic carbocycles. The molecule has 1 fully saturated rings. The van der Waals surface area contributed by atoms with Crippen molar-refractivity contribution in [3.8, 4) is 0 Å². The third-order valence-electron chi connectivity index (χ3n) is 4.46. The molecular formula is C21H20Cl4O5. The van der Waals surface area contributed by atoms with Gasteiger partial charge in [-0.3, -0.25) is 4.79 Å². The molecule has 9 heteroatoms. The molecule has 0 N–H and O–H groups in total. The second kappa shape index (κ2) is 10.0. The maximum atomic E-state index is 11.5. The molecule has 0 unspecified atom stereocenters. The van der Waals surface area contributed by atoms with Gasteiger partial charge in [0.25, 0.3) is 0 Å². The summed E-state index contributed by atoms with van der Waals surface area (Å²) in [6.07, 6.45) is -2.23. The van der Waals surface area contributed by atoms with Crippen molar-refractivity contribution in [3.63, 3.8) is 0 Å². The summed E-state index contributed by atoms with van der Waals surface area (Å²) in [7, 11) is 0. The maximum absolute atomic E-state index is 11.5. The highest BCUT2D eigenvalue weighted by atomic mass is 35.5. The fourth-order valence-electron chi connectivity index (χ4n) is 3.03. The molecule has 1 aliphatic heterocycles. The second-order valence-electron chi connectivity index (χ2n) is 6.68. The summed E-state index contributed by atoms with van der Waals surface area (Å²) in [5.74, 6) is -0.485. The predicted octanol–water partition coefficient (Wildman–Crippen LogP) is 5.29. The van der Waals surface area contributed by atoms with Gasteiger partial charge in [-0.2, -0.15) is 0 Å². The first-order chi connectivity index (χ1) is 14.2. The third kappa shape index (κ3) is 6.01. The van der Waals surface area contributed by atoms with Crippen LogP contribution in [0.2, 0.25) is 0 Å². The molecule has 3 atom stereocenters. The first kappa shape index (κ1) is 23.6. The number of hydrogen-bond donors (Lipinski definition) is 0. The molecule has 0 aromatic heterocycles. The SMILES string of the molecule is CC(=O)O[C@H]1CO[C@H](COC(Cl)(Cl)c2ccccc2)[C@H]1OC(Cl)(Cl)c1ccccc1. The van der Waals surface area contributed by atoms with E-state index in [1.165, 1.54) is 6.92 Å². The number of hydrogen-bond acceptors (Lipinski definition) is 5. The van der Waals surface area contributed by atoms with Crippen molar-refractivity contribution in [2.75, 3.05) is 13.2 Å². The monoisotopic (exact) mass is 492 g/mol. The minimum atomic E-state index is -1.70. The molecule has 162 valence electrons. The lowest BCUT2D eigenvalue weighted by molar-refractivity contribution is -0.155. The van der Waals surface area contributed by atoms with E-state index in [2.05, 4.69) is 0 Å². The van der Waals surface area contributed by atoms with Crippen LogP contribution in [0.3, 0.4) is 0 Å². The molecule has 0 spiro atoms. The van der Waals surface area contributed by atoms with E-state index in [1.807, 2.05) is 12.1 Å². The van der Waals surface area contributed by atoms with E-state index in [0.717, 1.165) is 0 Å². The van der Waals surface area contributed by atoms with Gasteiger partial charge in [-0.1, -0.05) is 107 Å². The summed E-state index contributed by atoms with van der Waals surface area (Å²) >= 11 is 25.6. The van der Waals surface area contributed by atoms with Crippen LogP contribution in [0.1, 0.15) is 18.1 Å². The fourth-order valence-corrected chi connectivity index (χ4v) is 3.87. The maximum Gasteiger partial charge on any atom is 0.303 e. The Hall–Kier alpha value is -1.05. The van der Waals surface area contributed by atoms with Crippen molar-refractivity contribution in [2.24, 2.45) is 0 Å². The third-order valence-corrected chi connectivity index (χ3v) is 5.73. The highest BCUT2D eigenvalue weighted by molar-refractivity contribution is 6.47. The van der Waals surface area contributed by atoms with Gasteiger partial charge in [0.2, 0.25) is 9.04 Å². The summed E-state index contributed by atoms with van der Waals surface area (Å²) in [6, 6.07) is 17.7. The van der Waals surface area contributed by atoms with Crippen LogP contribution in [0.15, 0.2) is 60.7 Å². The number of rotatable bonds is 8. The van der Waals surface area contributed by atoms with E-state index >= 15 is 0 Å². The van der Waals surface area contributed by atoms with Crippen molar-refractivity contribution < 1.29 is 23.7 Å². The molecular weight excluding hydrogens is 474 g/mol. The van der Waals surface area contributed by atoms with Crippen molar-refractivity contribution >= 4 is 52.4 Å². The standard InChI is InChI=1S/C21H20Cl4O5/c1-14(26)29-18-12-27-17(13-28-20(22,23)15-8-4-2-5-9-15)19(18)30-21(24,25)16-10-6-3-7-11-16/h2-11,17-19H,12-13H2,1H3/t17-,18+,19-/m1/s1. The first-order valence-corrected chi connectivity index (χ1v) is 10.7. The largest absolute Gasteiger partial charge is 0.457 e. The van der Waals surface area contributed by atoms with Crippen LogP contribution in [-0.2, 0) is 32.8 Å². The normalized spacial score (nSPS) is 22.1. The van der Waals surface area contributed by atoms with Gasteiger partial charge >= 0.3 is 5.97 Å². The van der Waals surface area contributed by atoms with Crippen LogP contribution in [0.5, 0.6) is 0 Å². The molecule has 1 saturated heterocycles. The van der Waals surface area contributed by atoms with Crippen LogP contribution in [0.25, 0.3) is 0 Å². The molecule has 1 heterocycles. The Kier molecular flexibility index (Phi) is 7.91. The van der Waals surface area contributed by atoms with Gasteiger partial charge in [-0.15, -0.1) is 0 Å². The summed E-state index contributed by atoms with van der Waals surface area (Å²) in [5.41, 5.74) is 1.09. The molecule has 5 nitrogen and oxygen atoms in total. The minimum Gasteiger partial charge on any atom is -0.457 e. The Bertz CT molecular complexity index is 832. The van der Waals surface area contributed by atoms with Gasteiger partial charge in [-0.05, 0) is 0 Å². The molecule has 0 radical (unpaired) electrons. The number of halogens is 4. The Balaban J connectivity index is 1.74. The van der Waals surface area contributed by atoms with Crippen molar-refractivity contribution in [3.05, 3.63) is 71.8 Å². The smallest absolute Gasteiger partial charge is 0.303 e. The lowest BCUT2D eigenvalue weighted by Crippen LogP contribution is -2.42.